The fourth-order valence-corrected chi connectivity index (χ4v) is 3.23. The van der Waals surface area contributed by atoms with Crippen molar-refractivity contribution < 1.29 is 19.1 Å². The molecule has 0 saturated heterocycles. The Morgan fingerprint density at radius 3 is 1.93 bits per heavy atom. The summed E-state index contributed by atoms with van der Waals surface area (Å²) in [7, 11) is 2.96. The lowest BCUT2D eigenvalue weighted by Crippen LogP contribution is -2.39. The van der Waals surface area contributed by atoms with Crippen molar-refractivity contribution in [2.75, 3.05) is 33.9 Å². The molecule has 0 fully saturated rings. The highest BCUT2D eigenvalue weighted by Crippen LogP contribution is 2.28. The van der Waals surface area contributed by atoms with Gasteiger partial charge in [-0.2, -0.15) is 0 Å². The second-order valence-corrected chi connectivity index (χ2v) is 6.83. The van der Waals surface area contributed by atoms with E-state index in [-0.39, 0.29) is 17.8 Å². The molecule has 28 heavy (non-hydrogen) atoms. The van der Waals surface area contributed by atoms with Crippen LogP contribution in [0, 0.1) is 5.92 Å². The highest BCUT2D eigenvalue weighted by atomic mass is 16.5. The number of benzene rings is 2. The Kier molecular flexibility index (Phi) is 8.69. The van der Waals surface area contributed by atoms with Gasteiger partial charge in [0.2, 0.25) is 5.91 Å². The van der Waals surface area contributed by atoms with Crippen molar-refractivity contribution in [1.82, 2.24) is 4.90 Å². The molecule has 150 valence electrons. The van der Waals surface area contributed by atoms with Gasteiger partial charge in [-0.1, -0.05) is 67.6 Å². The molecule has 0 aliphatic rings. The lowest BCUT2D eigenvalue weighted by Gasteiger charge is -2.27. The molecule has 1 unspecified atom stereocenters. The van der Waals surface area contributed by atoms with Crippen molar-refractivity contribution in [2.45, 2.75) is 19.3 Å². The van der Waals surface area contributed by atoms with Gasteiger partial charge in [0.25, 0.3) is 0 Å². The van der Waals surface area contributed by atoms with Crippen LogP contribution in [0.1, 0.15) is 30.4 Å². The first-order chi connectivity index (χ1) is 13.6. The SMILES string of the molecule is COCCN(CC(C)C(=O)OC)C(=O)CC(c1ccccc1)c1ccccc1. The Morgan fingerprint density at radius 1 is 0.929 bits per heavy atom. The van der Waals surface area contributed by atoms with Gasteiger partial charge >= 0.3 is 5.97 Å². The molecule has 0 bridgehead atoms. The smallest absolute Gasteiger partial charge is 0.310 e. The molecule has 0 heterocycles. The van der Waals surface area contributed by atoms with Gasteiger partial charge in [-0.3, -0.25) is 9.59 Å². The Balaban J connectivity index is 2.22. The normalized spacial score (nSPS) is 11.9. The molecule has 0 N–H and O–H groups in total. The molecule has 1 atom stereocenters. The summed E-state index contributed by atoms with van der Waals surface area (Å²) in [6, 6.07) is 20.0. The minimum atomic E-state index is -0.391. The molecular formula is C23H29NO4. The summed E-state index contributed by atoms with van der Waals surface area (Å²) in [6.07, 6.45) is 0.325. The summed E-state index contributed by atoms with van der Waals surface area (Å²) in [5.74, 6) is -0.769. The highest BCUT2D eigenvalue weighted by Gasteiger charge is 2.25. The minimum Gasteiger partial charge on any atom is -0.469 e. The van der Waals surface area contributed by atoms with E-state index >= 15 is 0 Å². The molecule has 1 amide bonds. The van der Waals surface area contributed by atoms with Crippen molar-refractivity contribution in [3.63, 3.8) is 0 Å². The van der Waals surface area contributed by atoms with Gasteiger partial charge in [-0.25, -0.2) is 0 Å². The topological polar surface area (TPSA) is 55.8 Å². The van der Waals surface area contributed by atoms with Crippen LogP contribution in [-0.2, 0) is 19.1 Å². The zero-order valence-corrected chi connectivity index (χ0v) is 16.8. The lowest BCUT2D eigenvalue weighted by atomic mass is 9.88. The fourth-order valence-electron chi connectivity index (χ4n) is 3.23. The molecule has 2 aromatic carbocycles. The second-order valence-electron chi connectivity index (χ2n) is 6.83. The number of methoxy groups -OCH3 is 2. The maximum Gasteiger partial charge on any atom is 0.310 e. The number of ether oxygens (including phenoxy) is 2. The van der Waals surface area contributed by atoms with E-state index in [0.717, 1.165) is 11.1 Å². The average Bonchev–Trinajstić information content (AvgIpc) is 2.75. The summed E-state index contributed by atoms with van der Waals surface area (Å²) in [4.78, 5) is 26.7. The van der Waals surface area contributed by atoms with Crippen LogP contribution in [-0.4, -0.2) is 50.7 Å². The van der Waals surface area contributed by atoms with Crippen molar-refractivity contribution >= 4 is 11.9 Å². The van der Waals surface area contributed by atoms with Gasteiger partial charge in [0.05, 0.1) is 19.6 Å². The van der Waals surface area contributed by atoms with Gasteiger partial charge in [0.1, 0.15) is 0 Å². The average molecular weight is 383 g/mol. The summed E-state index contributed by atoms with van der Waals surface area (Å²) >= 11 is 0. The highest BCUT2D eigenvalue weighted by molar-refractivity contribution is 5.79. The fraction of sp³-hybridized carbons (Fsp3) is 0.391. The zero-order chi connectivity index (χ0) is 20.4. The standard InChI is InChI=1S/C23H29NO4/c1-18(23(26)28-3)17-24(14-15-27-2)22(25)16-21(19-10-6-4-7-11-19)20-12-8-5-9-13-20/h4-13,18,21H,14-17H2,1-3H3. The first-order valence-corrected chi connectivity index (χ1v) is 9.51. The maximum absolute atomic E-state index is 13.2. The first-order valence-electron chi connectivity index (χ1n) is 9.51. The quantitative estimate of drug-likeness (QED) is 0.590. The van der Waals surface area contributed by atoms with E-state index in [2.05, 4.69) is 0 Å². The molecule has 0 radical (unpaired) electrons. The number of nitrogens with zero attached hydrogens (tertiary/aromatic N) is 1. The van der Waals surface area contributed by atoms with E-state index in [1.807, 2.05) is 60.7 Å². The number of hydrogen-bond donors (Lipinski definition) is 0. The van der Waals surface area contributed by atoms with Crippen LogP contribution in [0.5, 0.6) is 0 Å². The number of amides is 1. The molecule has 0 aliphatic carbocycles. The third-order valence-corrected chi connectivity index (χ3v) is 4.80. The van der Waals surface area contributed by atoms with E-state index in [9.17, 15) is 9.59 Å². The molecule has 0 aliphatic heterocycles. The van der Waals surface area contributed by atoms with Crippen LogP contribution < -0.4 is 0 Å². The number of carbonyl (C=O) groups excluding carboxylic acids is 2. The summed E-state index contributed by atoms with van der Waals surface area (Å²) < 4.78 is 9.96. The predicted molar refractivity (Wildman–Crippen MR) is 109 cm³/mol. The summed E-state index contributed by atoms with van der Waals surface area (Å²) in [5, 5.41) is 0. The zero-order valence-electron chi connectivity index (χ0n) is 16.8. The van der Waals surface area contributed by atoms with Crippen molar-refractivity contribution in [3.05, 3.63) is 71.8 Å². The molecule has 2 aromatic rings. The largest absolute Gasteiger partial charge is 0.469 e. The predicted octanol–water partition coefficient (Wildman–Crippen LogP) is 3.49. The monoisotopic (exact) mass is 383 g/mol. The lowest BCUT2D eigenvalue weighted by molar-refractivity contribution is -0.146. The number of esters is 1. The van der Waals surface area contributed by atoms with Crippen LogP contribution in [0.3, 0.4) is 0 Å². The van der Waals surface area contributed by atoms with Gasteiger partial charge in [0, 0.05) is 32.5 Å². The molecule has 5 heteroatoms. The van der Waals surface area contributed by atoms with Crippen LogP contribution in [0.15, 0.2) is 60.7 Å². The molecule has 5 nitrogen and oxygen atoms in total. The van der Waals surface area contributed by atoms with Gasteiger partial charge in [0.15, 0.2) is 0 Å². The summed E-state index contributed by atoms with van der Waals surface area (Å²) in [6.45, 7) is 2.93. The van der Waals surface area contributed by atoms with E-state index in [4.69, 9.17) is 9.47 Å². The van der Waals surface area contributed by atoms with E-state index in [1.165, 1.54) is 7.11 Å². The third-order valence-electron chi connectivity index (χ3n) is 4.80. The van der Waals surface area contributed by atoms with Crippen LogP contribution in [0.4, 0.5) is 0 Å². The van der Waals surface area contributed by atoms with Crippen LogP contribution >= 0.6 is 0 Å². The van der Waals surface area contributed by atoms with E-state index < -0.39 is 5.92 Å². The Morgan fingerprint density at radius 2 is 1.46 bits per heavy atom. The first kappa shape index (κ1) is 21.6. The van der Waals surface area contributed by atoms with Crippen molar-refractivity contribution in [3.8, 4) is 0 Å². The minimum absolute atomic E-state index is 0.00879. The number of rotatable bonds is 10. The van der Waals surface area contributed by atoms with Crippen LogP contribution in [0.2, 0.25) is 0 Å². The molecule has 0 aromatic heterocycles. The molecule has 0 saturated carbocycles. The number of hydrogen-bond acceptors (Lipinski definition) is 4. The molecule has 2 rings (SSSR count). The maximum atomic E-state index is 13.2. The third kappa shape index (κ3) is 6.20. The van der Waals surface area contributed by atoms with Crippen molar-refractivity contribution in [1.29, 1.82) is 0 Å². The Hall–Kier alpha value is -2.66. The molecule has 0 spiro atoms. The molecular weight excluding hydrogens is 354 g/mol. The van der Waals surface area contributed by atoms with Gasteiger partial charge in [-0.05, 0) is 11.1 Å². The Labute approximate surface area is 167 Å². The van der Waals surface area contributed by atoms with E-state index in [1.54, 1.807) is 18.9 Å². The van der Waals surface area contributed by atoms with E-state index in [0.29, 0.717) is 26.1 Å². The Bertz CT molecular complexity index is 693. The van der Waals surface area contributed by atoms with Crippen LogP contribution in [0.25, 0.3) is 0 Å². The van der Waals surface area contributed by atoms with Crippen molar-refractivity contribution in [2.24, 2.45) is 5.92 Å². The second kappa shape index (κ2) is 11.2. The van der Waals surface area contributed by atoms with Gasteiger partial charge < -0.3 is 14.4 Å². The van der Waals surface area contributed by atoms with Gasteiger partial charge in [-0.15, -0.1) is 0 Å². The number of carbonyl (C=O) groups is 2. The summed E-state index contributed by atoms with van der Waals surface area (Å²) in [5.41, 5.74) is 2.18.